The van der Waals surface area contributed by atoms with Crippen LogP contribution in [0.15, 0.2) is 18.2 Å². The number of halogens is 5. The highest BCUT2D eigenvalue weighted by atomic mass is 19.3. The molecule has 0 amide bonds. The molecular weight excluding hydrogens is 231 g/mol. The third kappa shape index (κ3) is 1.52. The molecule has 0 spiro atoms. The molecule has 0 radical (unpaired) electrons. The van der Waals surface area contributed by atoms with E-state index in [9.17, 15) is 22.0 Å². The van der Waals surface area contributed by atoms with Gasteiger partial charge in [0, 0.05) is 0 Å². The zero-order valence-electron chi connectivity index (χ0n) is 7.65. The summed E-state index contributed by atoms with van der Waals surface area (Å²) in [6.45, 7) is 0. The molecule has 0 saturated heterocycles. The lowest BCUT2D eigenvalue weighted by molar-refractivity contribution is -0.140. The second kappa shape index (κ2) is 3.43. The van der Waals surface area contributed by atoms with Crippen LogP contribution in [0.5, 0.6) is 0 Å². The zero-order chi connectivity index (χ0) is 11.9. The van der Waals surface area contributed by atoms with Crippen molar-refractivity contribution < 1.29 is 22.0 Å². The smallest absolute Gasteiger partial charge is 0.337 e. The van der Waals surface area contributed by atoms with Gasteiger partial charge in [0.2, 0.25) is 0 Å². The minimum Gasteiger partial charge on any atom is -0.337 e. The summed E-state index contributed by atoms with van der Waals surface area (Å²) < 4.78 is 62.9. The summed E-state index contributed by atoms with van der Waals surface area (Å²) in [5.41, 5.74) is -0.423. The van der Waals surface area contributed by atoms with E-state index in [-0.39, 0.29) is 11.0 Å². The number of alkyl halides is 4. The quantitative estimate of drug-likeness (QED) is 0.797. The number of imidazole rings is 1. The van der Waals surface area contributed by atoms with E-state index in [1.54, 1.807) is 0 Å². The van der Waals surface area contributed by atoms with Gasteiger partial charge in [-0.15, -0.1) is 0 Å². The first kappa shape index (κ1) is 10.8. The highest BCUT2D eigenvalue weighted by molar-refractivity contribution is 5.75. The van der Waals surface area contributed by atoms with E-state index < -0.39 is 24.0 Å². The summed E-state index contributed by atoms with van der Waals surface area (Å²) >= 11 is 0. The Morgan fingerprint density at radius 2 is 1.94 bits per heavy atom. The van der Waals surface area contributed by atoms with Gasteiger partial charge in [0.1, 0.15) is 5.52 Å². The van der Waals surface area contributed by atoms with Gasteiger partial charge in [0.25, 0.3) is 0 Å². The summed E-state index contributed by atoms with van der Waals surface area (Å²) in [5.74, 6) is -6.49. The molecule has 2 aromatic rings. The zero-order valence-corrected chi connectivity index (χ0v) is 7.65. The Labute approximate surface area is 86.1 Å². The van der Waals surface area contributed by atoms with E-state index in [1.165, 1.54) is 12.1 Å². The van der Waals surface area contributed by atoms with Gasteiger partial charge >= 0.3 is 12.3 Å². The highest BCUT2D eigenvalue weighted by Crippen LogP contribution is 2.33. The Bertz CT molecular complexity index is 520. The van der Waals surface area contributed by atoms with Crippen molar-refractivity contribution in [3.05, 3.63) is 29.8 Å². The highest BCUT2D eigenvalue weighted by Gasteiger charge is 2.45. The van der Waals surface area contributed by atoms with Gasteiger partial charge in [-0.2, -0.15) is 8.78 Å². The summed E-state index contributed by atoms with van der Waals surface area (Å²) in [6, 6.07) is 3.55. The second-order valence-corrected chi connectivity index (χ2v) is 3.15. The SMILES string of the molecule is Fc1cccc2[nH]c(C(F)(F)C(F)F)nc12. The molecule has 2 rings (SSSR count). The fraction of sp³-hybridized carbons (Fsp3) is 0.222. The Balaban J connectivity index is 2.60. The number of benzene rings is 1. The summed E-state index contributed by atoms with van der Waals surface area (Å²) in [5, 5.41) is 0. The van der Waals surface area contributed by atoms with Crippen molar-refractivity contribution in [2.75, 3.05) is 0 Å². The number of nitrogens with zero attached hydrogens (tertiary/aromatic N) is 1. The molecule has 0 unspecified atom stereocenters. The minimum absolute atomic E-state index is 0.0460. The maximum absolute atomic E-state index is 13.1. The summed E-state index contributed by atoms with van der Waals surface area (Å²) in [6.07, 6.45) is -3.89. The average Bonchev–Trinajstić information content (AvgIpc) is 2.63. The maximum Gasteiger partial charge on any atom is 0.363 e. The topological polar surface area (TPSA) is 28.7 Å². The van der Waals surface area contributed by atoms with Gasteiger partial charge in [-0.25, -0.2) is 18.2 Å². The lowest BCUT2D eigenvalue weighted by Gasteiger charge is -2.11. The molecule has 0 atom stereocenters. The van der Waals surface area contributed by atoms with Crippen molar-refractivity contribution in [1.29, 1.82) is 0 Å². The Kier molecular flexibility index (Phi) is 2.32. The molecule has 7 heteroatoms. The van der Waals surface area contributed by atoms with Crippen molar-refractivity contribution in [2.45, 2.75) is 12.3 Å². The third-order valence-corrected chi connectivity index (χ3v) is 2.05. The number of rotatable bonds is 2. The molecule has 16 heavy (non-hydrogen) atoms. The van der Waals surface area contributed by atoms with Crippen LogP contribution in [0.1, 0.15) is 5.82 Å². The van der Waals surface area contributed by atoms with E-state index in [0.29, 0.717) is 0 Å². The fourth-order valence-electron chi connectivity index (χ4n) is 1.26. The van der Waals surface area contributed by atoms with Crippen molar-refractivity contribution in [1.82, 2.24) is 9.97 Å². The molecule has 86 valence electrons. The van der Waals surface area contributed by atoms with Crippen molar-refractivity contribution in [3.8, 4) is 0 Å². The number of hydrogen-bond donors (Lipinski definition) is 1. The number of para-hydroxylation sites is 1. The number of fused-ring (bicyclic) bond motifs is 1. The van der Waals surface area contributed by atoms with Gasteiger partial charge in [0.05, 0.1) is 5.52 Å². The molecule has 1 heterocycles. The molecular formula is C9H5F5N2. The van der Waals surface area contributed by atoms with E-state index in [2.05, 4.69) is 4.98 Å². The molecule has 0 aliphatic heterocycles. The lowest BCUT2D eigenvalue weighted by Crippen LogP contribution is -2.25. The lowest BCUT2D eigenvalue weighted by atomic mass is 10.3. The molecule has 1 N–H and O–H groups in total. The van der Waals surface area contributed by atoms with Crippen molar-refractivity contribution >= 4 is 11.0 Å². The Morgan fingerprint density at radius 3 is 2.50 bits per heavy atom. The minimum atomic E-state index is -4.41. The number of hydrogen-bond acceptors (Lipinski definition) is 1. The van der Waals surface area contributed by atoms with E-state index in [0.717, 1.165) is 6.07 Å². The molecule has 2 nitrogen and oxygen atoms in total. The Morgan fingerprint density at radius 1 is 1.25 bits per heavy atom. The first-order valence-electron chi connectivity index (χ1n) is 4.23. The van der Waals surface area contributed by atoms with Gasteiger partial charge in [-0.1, -0.05) is 6.07 Å². The van der Waals surface area contributed by atoms with Crippen LogP contribution in [-0.4, -0.2) is 16.4 Å². The van der Waals surface area contributed by atoms with Crippen LogP contribution in [0.25, 0.3) is 11.0 Å². The maximum atomic E-state index is 13.1. The first-order valence-corrected chi connectivity index (χ1v) is 4.23. The van der Waals surface area contributed by atoms with Crippen LogP contribution in [0.2, 0.25) is 0 Å². The van der Waals surface area contributed by atoms with Crippen molar-refractivity contribution in [2.24, 2.45) is 0 Å². The molecule has 0 aliphatic carbocycles. The van der Waals surface area contributed by atoms with Gasteiger partial charge in [0.15, 0.2) is 11.6 Å². The van der Waals surface area contributed by atoms with Crippen LogP contribution < -0.4 is 0 Å². The molecule has 0 fully saturated rings. The van der Waals surface area contributed by atoms with Crippen molar-refractivity contribution in [3.63, 3.8) is 0 Å². The monoisotopic (exact) mass is 236 g/mol. The van der Waals surface area contributed by atoms with Crippen LogP contribution in [0.4, 0.5) is 22.0 Å². The molecule has 0 bridgehead atoms. The van der Waals surface area contributed by atoms with Gasteiger partial charge in [-0.3, -0.25) is 0 Å². The predicted octanol–water partition coefficient (Wildman–Crippen LogP) is 3.06. The largest absolute Gasteiger partial charge is 0.363 e. The number of aromatic amines is 1. The van der Waals surface area contributed by atoms with Crippen LogP contribution in [0.3, 0.4) is 0 Å². The van der Waals surface area contributed by atoms with Crippen LogP contribution >= 0.6 is 0 Å². The van der Waals surface area contributed by atoms with Gasteiger partial charge in [-0.05, 0) is 12.1 Å². The summed E-state index contributed by atoms with van der Waals surface area (Å²) in [4.78, 5) is 5.12. The normalized spacial score (nSPS) is 12.6. The Hall–Kier alpha value is -1.66. The number of H-pyrrole nitrogens is 1. The number of aromatic nitrogens is 2. The molecule has 0 aliphatic rings. The average molecular weight is 236 g/mol. The van der Waals surface area contributed by atoms with Gasteiger partial charge < -0.3 is 4.98 Å². The predicted molar refractivity (Wildman–Crippen MR) is 45.9 cm³/mol. The molecule has 1 aromatic carbocycles. The second-order valence-electron chi connectivity index (χ2n) is 3.15. The van der Waals surface area contributed by atoms with E-state index >= 15 is 0 Å². The van der Waals surface area contributed by atoms with E-state index in [4.69, 9.17) is 0 Å². The van der Waals surface area contributed by atoms with Crippen LogP contribution in [0, 0.1) is 5.82 Å². The fourth-order valence-corrected chi connectivity index (χ4v) is 1.26. The van der Waals surface area contributed by atoms with Crippen LogP contribution in [-0.2, 0) is 5.92 Å². The standard InChI is InChI=1S/C9H5F5N2/c10-4-2-1-3-5-6(4)16-8(15-5)9(13,14)7(11)12/h1-3,7H,(H,15,16). The third-order valence-electron chi connectivity index (χ3n) is 2.05. The number of nitrogens with one attached hydrogen (secondary N) is 1. The summed E-state index contributed by atoms with van der Waals surface area (Å²) in [7, 11) is 0. The molecule has 1 aromatic heterocycles. The first-order chi connectivity index (χ1) is 7.43. The molecule has 0 saturated carbocycles. The van der Waals surface area contributed by atoms with E-state index in [1.807, 2.05) is 4.98 Å².